The fourth-order valence-corrected chi connectivity index (χ4v) is 3.76. The Kier molecular flexibility index (Phi) is 5.71. The van der Waals surface area contributed by atoms with Crippen LogP contribution in [0.4, 0.5) is 0 Å². The first-order valence-corrected chi connectivity index (χ1v) is 9.18. The van der Waals surface area contributed by atoms with Crippen LogP contribution in [0.2, 0.25) is 0 Å². The van der Waals surface area contributed by atoms with Crippen LogP contribution in [0.1, 0.15) is 43.6 Å². The van der Waals surface area contributed by atoms with Gasteiger partial charge in [-0.15, -0.1) is 0 Å². The van der Waals surface area contributed by atoms with E-state index in [-0.39, 0.29) is 5.91 Å². The van der Waals surface area contributed by atoms with E-state index in [1.54, 1.807) is 0 Å². The molecule has 1 saturated heterocycles. The average Bonchev–Trinajstić information content (AvgIpc) is 3.02. The molecule has 7 heteroatoms. The van der Waals surface area contributed by atoms with Crippen molar-refractivity contribution in [3.63, 3.8) is 0 Å². The molecular weight excluding hydrogens is 318 g/mol. The zero-order valence-electron chi connectivity index (χ0n) is 15.0. The van der Waals surface area contributed by atoms with Crippen LogP contribution in [-0.2, 0) is 11.3 Å². The number of aromatic nitrogens is 1. The van der Waals surface area contributed by atoms with Gasteiger partial charge in [-0.1, -0.05) is 24.4 Å². The summed E-state index contributed by atoms with van der Waals surface area (Å²) in [6.07, 6.45) is 4.76. The van der Waals surface area contributed by atoms with E-state index in [1.165, 1.54) is 0 Å². The minimum atomic E-state index is -0.637. The summed E-state index contributed by atoms with van der Waals surface area (Å²) >= 11 is 0. The van der Waals surface area contributed by atoms with Crippen molar-refractivity contribution >= 4 is 5.91 Å². The SMILES string of the molecule is Cc1cc(CN2CCN(CC(=O)NC3(C#N)CCCCC3)CC2)no1. The molecule has 2 heterocycles. The summed E-state index contributed by atoms with van der Waals surface area (Å²) < 4.78 is 5.11. The second-order valence-electron chi connectivity index (χ2n) is 7.28. The van der Waals surface area contributed by atoms with Gasteiger partial charge < -0.3 is 9.84 Å². The minimum absolute atomic E-state index is 0.0240. The summed E-state index contributed by atoms with van der Waals surface area (Å²) in [4.78, 5) is 16.9. The second kappa shape index (κ2) is 7.98. The maximum atomic E-state index is 12.4. The number of hydrogen-bond donors (Lipinski definition) is 1. The predicted octanol–water partition coefficient (Wildman–Crippen LogP) is 1.44. The van der Waals surface area contributed by atoms with Crippen molar-refractivity contribution in [2.75, 3.05) is 32.7 Å². The topological polar surface area (TPSA) is 85.4 Å². The molecule has 0 unspecified atom stereocenters. The summed E-state index contributed by atoms with van der Waals surface area (Å²) in [5, 5.41) is 16.5. The quantitative estimate of drug-likeness (QED) is 0.869. The molecule has 0 bridgehead atoms. The standard InChI is InChI=1S/C18H27N5O2/c1-15-11-16(21-25-15)12-22-7-9-23(10-8-22)13-17(24)20-18(14-19)5-3-2-4-6-18/h11H,2-10,12-13H2,1H3,(H,20,24). The van der Waals surface area contributed by atoms with E-state index in [4.69, 9.17) is 4.52 Å². The highest BCUT2D eigenvalue weighted by Crippen LogP contribution is 2.27. The summed E-state index contributed by atoms with van der Waals surface area (Å²) in [5.74, 6) is 0.809. The third-order valence-electron chi connectivity index (χ3n) is 5.19. The van der Waals surface area contributed by atoms with Crippen LogP contribution < -0.4 is 5.32 Å². The fraction of sp³-hybridized carbons (Fsp3) is 0.722. The van der Waals surface area contributed by atoms with E-state index >= 15 is 0 Å². The third kappa shape index (κ3) is 4.80. The van der Waals surface area contributed by atoms with Crippen LogP contribution in [-0.4, -0.2) is 59.1 Å². The van der Waals surface area contributed by atoms with Crippen LogP contribution in [0, 0.1) is 18.3 Å². The van der Waals surface area contributed by atoms with Crippen molar-refractivity contribution in [3.05, 3.63) is 17.5 Å². The van der Waals surface area contributed by atoms with Gasteiger partial charge in [0.15, 0.2) is 0 Å². The van der Waals surface area contributed by atoms with Crippen molar-refractivity contribution in [3.8, 4) is 6.07 Å². The molecule has 1 aromatic heterocycles. The largest absolute Gasteiger partial charge is 0.361 e. The molecule has 7 nitrogen and oxygen atoms in total. The van der Waals surface area contributed by atoms with Crippen LogP contribution >= 0.6 is 0 Å². The Morgan fingerprint density at radius 3 is 2.56 bits per heavy atom. The first-order valence-electron chi connectivity index (χ1n) is 9.18. The maximum Gasteiger partial charge on any atom is 0.235 e. The summed E-state index contributed by atoms with van der Waals surface area (Å²) in [6, 6.07) is 4.31. The number of amides is 1. The smallest absolute Gasteiger partial charge is 0.235 e. The van der Waals surface area contributed by atoms with Gasteiger partial charge >= 0.3 is 0 Å². The zero-order chi connectivity index (χ0) is 17.7. The molecule has 25 heavy (non-hydrogen) atoms. The number of hydrogen-bond acceptors (Lipinski definition) is 6. The number of aryl methyl sites for hydroxylation is 1. The van der Waals surface area contributed by atoms with E-state index < -0.39 is 5.54 Å². The van der Waals surface area contributed by atoms with Gasteiger partial charge in [-0.25, -0.2) is 0 Å². The number of piperazine rings is 1. The highest BCUT2D eigenvalue weighted by atomic mass is 16.5. The van der Waals surface area contributed by atoms with Gasteiger partial charge in [-0.2, -0.15) is 5.26 Å². The second-order valence-corrected chi connectivity index (χ2v) is 7.28. The van der Waals surface area contributed by atoms with Gasteiger partial charge in [0.05, 0.1) is 18.3 Å². The Balaban J connectivity index is 1.42. The molecule has 1 N–H and O–H groups in total. The molecule has 0 aromatic carbocycles. The van der Waals surface area contributed by atoms with Crippen LogP contribution in [0.3, 0.4) is 0 Å². The molecule has 136 valence electrons. The Labute approximate surface area is 148 Å². The highest BCUT2D eigenvalue weighted by molar-refractivity contribution is 5.79. The maximum absolute atomic E-state index is 12.4. The van der Waals surface area contributed by atoms with Gasteiger partial charge in [0.25, 0.3) is 0 Å². The molecule has 0 radical (unpaired) electrons. The molecule has 1 aromatic rings. The lowest BCUT2D eigenvalue weighted by Gasteiger charge is -2.35. The number of carbonyl (C=O) groups excluding carboxylic acids is 1. The Morgan fingerprint density at radius 2 is 1.96 bits per heavy atom. The molecule has 1 saturated carbocycles. The van der Waals surface area contributed by atoms with Gasteiger partial charge in [0.2, 0.25) is 5.91 Å². The lowest BCUT2D eigenvalue weighted by Crippen LogP contribution is -2.54. The number of nitriles is 1. The van der Waals surface area contributed by atoms with E-state index in [1.807, 2.05) is 13.0 Å². The molecular formula is C18H27N5O2. The first kappa shape index (κ1) is 17.9. The van der Waals surface area contributed by atoms with E-state index in [9.17, 15) is 10.1 Å². The summed E-state index contributed by atoms with van der Waals surface area (Å²) in [6.45, 7) is 6.57. The van der Waals surface area contributed by atoms with Crippen LogP contribution in [0.5, 0.6) is 0 Å². The average molecular weight is 345 g/mol. The first-order chi connectivity index (χ1) is 12.1. The molecule has 1 aliphatic carbocycles. The van der Waals surface area contributed by atoms with Crippen molar-refractivity contribution in [2.45, 2.75) is 51.1 Å². The Morgan fingerprint density at radius 1 is 1.28 bits per heavy atom. The Hall–Kier alpha value is -1.91. The molecule has 0 atom stereocenters. The van der Waals surface area contributed by atoms with E-state index in [2.05, 4.69) is 26.3 Å². The van der Waals surface area contributed by atoms with Crippen LogP contribution in [0.25, 0.3) is 0 Å². The van der Waals surface area contributed by atoms with Gasteiger partial charge in [-0.3, -0.25) is 14.6 Å². The predicted molar refractivity (Wildman–Crippen MR) is 92.5 cm³/mol. The molecule has 2 aliphatic rings. The Bertz CT molecular complexity index is 622. The molecule has 2 fully saturated rings. The molecule has 1 amide bonds. The highest BCUT2D eigenvalue weighted by Gasteiger charge is 2.34. The number of carbonyl (C=O) groups is 1. The molecule has 3 rings (SSSR count). The summed E-state index contributed by atoms with van der Waals surface area (Å²) in [5.41, 5.74) is 0.319. The monoisotopic (exact) mass is 345 g/mol. The number of rotatable bonds is 5. The minimum Gasteiger partial charge on any atom is -0.361 e. The van der Waals surface area contributed by atoms with Crippen molar-refractivity contribution in [1.82, 2.24) is 20.3 Å². The van der Waals surface area contributed by atoms with Crippen LogP contribution in [0.15, 0.2) is 10.6 Å². The van der Waals surface area contributed by atoms with Gasteiger partial charge in [0.1, 0.15) is 11.3 Å². The van der Waals surface area contributed by atoms with Gasteiger partial charge in [0, 0.05) is 38.8 Å². The summed E-state index contributed by atoms with van der Waals surface area (Å²) in [7, 11) is 0. The number of nitrogens with one attached hydrogen (secondary N) is 1. The molecule has 0 spiro atoms. The number of nitrogens with zero attached hydrogens (tertiary/aromatic N) is 4. The van der Waals surface area contributed by atoms with E-state index in [0.29, 0.717) is 6.54 Å². The van der Waals surface area contributed by atoms with Crippen molar-refractivity contribution in [2.24, 2.45) is 0 Å². The normalized spacial score (nSPS) is 21.6. The van der Waals surface area contributed by atoms with Crippen molar-refractivity contribution in [1.29, 1.82) is 5.26 Å². The lowest BCUT2D eigenvalue weighted by molar-refractivity contribution is -0.124. The zero-order valence-corrected chi connectivity index (χ0v) is 15.0. The van der Waals surface area contributed by atoms with Gasteiger partial charge in [-0.05, 0) is 19.8 Å². The fourth-order valence-electron chi connectivity index (χ4n) is 3.76. The van der Waals surface area contributed by atoms with Crippen molar-refractivity contribution < 1.29 is 9.32 Å². The lowest BCUT2D eigenvalue weighted by atomic mass is 9.83. The molecule has 1 aliphatic heterocycles. The van der Waals surface area contributed by atoms with E-state index in [0.717, 1.165) is 76.3 Å². The third-order valence-corrected chi connectivity index (χ3v) is 5.19.